The molecule has 1 saturated heterocycles. The number of benzene rings is 3. The van der Waals surface area contributed by atoms with Crippen LogP contribution in [-0.2, 0) is 16.6 Å². The average Bonchev–Trinajstić information content (AvgIpc) is 2.80. The summed E-state index contributed by atoms with van der Waals surface area (Å²) >= 11 is 0. The summed E-state index contributed by atoms with van der Waals surface area (Å²) in [7, 11) is -4.20. The smallest absolute Gasteiger partial charge is 0.406 e. The van der Waals surface area contributed by atoms with Crippen molar-refractivity contribution in [1.29, 1.82) is 0 Å². The SMILES string of the molecule is O=S(=O)(c1ccc(F)cc1)N(c1cccc(OC(F)(F)F)c1)C1CCN(Cc2ccccc2)CC1. The molecule has 0 atom stereocenters. The normalized spacial score (nSPS) is 15.7. The van der Waals surface area contributed by atoms with Gasteiger partial charge >= 0.3 is 6.36 Å². The topological polar surface area (TPSA) is 49.9 Å². The zero-order valence-corrected chi connectivity index (χ0v) is 19.5. The van der Waals surface area contributed by atoms with Gasteiger partial charge in [0.25, 0.3) is 10.0 Å². The van der Waals surface area contributed by atoms with Crippen molar-refractivity contribution in [2.75, 3.05) is 17.4 Å². The molecule has 1 fully saturated rings. The average molecular weight is 509 g/mol. The molecule has 0 radical (unpaired) electrons. The van der Waals surface area contributed by atoms with E-state index < -0.39 is 34.0 Å². The van der Waals surface area contributed by atoms with Crippen LogP contribution in [0, 0.1) is 5.82 Å². The highest BCUT2D eigenvalue weighted by molar-refractivity contribution is 7.92. The predicted molar refractivity (Wildman–Crippen MR) is 124 cm³/mol. The van der Waals surface area contributed by atoms with Crippen LogP contribution in [0.15, 0.2) is 83.8 Å². The van der Waals surface area contributed by atoms with Crippen molar-refractivity contribution in [2.45, 2.75) is 36.7 Å². The first-order chi connectivity index (χ1) is 16.6. The summed E-state index contributed by atoms with van der Waals surface area (Å²) in [5, 5.41) is 0. The largest absolute Gasteiger partial charge is 0.573 e. The van der Waals surface area contributed by atoms with Gasteiger partial charge in [0.2, 0.25) is 0 Å². The molecule has 5 nitrogen and oxygen atoms in total. The van der Waals surface area contributed by atoms with Gasteiger partial charge in [0.1, 0.15) is 11.6 Å². The van der Waals surface area contributed by atoms with Crippen molar-refractivity contribution in [1.82, 2.24) is 4.90 Å². The Kier molecular flexibility index (Phi) is 7.32. The summed E-state index contributed by atoms with van der Waals surface area (Å²) in [6.45, 7) is 1.93. The number of alkyl halides is 3. The summed E-state index contributed by atoms with van der Waals surface area (Å²) in [4.78, 5) is 2.06. The molecule has 0 spiro atoms. The van der Waals surface area contributed by atoms with Gasteiger partial charge in [-0.05, 0) is 54.8 Å². The summed E-state index contributed by atoms with van der Waals surface area (Å²) < 4.78 is 84.3. The number of rotatable bonds is 7. The Hall–Kier alpha value is -3.11. The molecule has 0 bridgehead atoms. The molecule has 3 aromatic rings. The van der Waals surface area contributed by atoms with E-state index in [0.29, 0.717) is 32.5 Å². The molecule has 1 aliphatic heterocycles. The molecule has 0 amide bonds. The van der Waals surface area contributed by atoms with Crippen LogP contribution in [0.4, 0.5) is 23.2 Å². The Morgan fingerprint density at radius 2 is 1.57 bits per heavy atom. The second-order valence-corrected chi connectivity index (χ2v) is 10.1. The van der Waals surface area contributed by atoms with Gasteiger partial charge in [-0.25, -0.2) is 12.8 Å². The fraction of sp³-hybridized carbons (Fsp3) is 0.280. The summed E-state index contributed by atoms with van der Waals surface area (Å²) in [5.41, 5.74) is 1.19. The molecule has 0 saturated carbocycles. The predicted octanol–water partition coefficient (Wildman–Crippen LogP) is 5.58. The van der Waals surface area contributed by atoms with Crippen molar-refractivity contribution in [2.24, 2.45) is 0 Å². The second-order valence-electron chi connectivity index (χ2n) is 8.29. The van der Waals surface area contributed by atoms with E-state index in [0.717, 1.165) is 46.3 Å². The van der Waals surface area contributed by atoms with Crippen molar-refractivity contribution < 1.29 is 30.7 Å². The van der Waals surface area contributed by atoms with Gasteiger partial charge in [0.15, 0.2) is 0 Å². The maximum Gasteiger partial charge on any atom is 0.573 e. The number of ether oxygens (including phenoxy) is 1. The number of anilines is 1. The molecule has 1 aliphatic rings. The molecule has 186 valence electrons. The Balaban J connectivity index is 1.63. The summed E-state index contributed by atoms with van der Waals surface area (Å²) in [5.74, 6) is -1.11. The first-order valence-corrected chi connectivity index (χ1v) is 12.5. The first-order valence-electron chi connectivity index (χ1n) is 11.0. The van der Waals surface area contributed by atoms with E-state index in [4.69, 9.17) is 0 Å². The van der Waals surface area contributed by atoms with Gasteiger partial charge in [-0.2, -0.15) is 0 Å². The minimum atomic E-state index is -4.91. The molecule has 0 aromatic heterocycles. The third kappa shape index (κ3) is 6.32. The molecule has 3 aromatic carbocycles. The lowest BCUT2D eigenvalue weighted by molar-refractivity contribution is -0.274. The van der Waals surface area contributed by atoms with E-state index in [1.165, 1.54) is 12.1 Å². The van der Waals surface area contributed by atoms with E-state index in [1.807, 2.05) is 30.3 Å². The molecule has 4 rings (SSSR count). The third-order valence-electron chi connectivity index (χ3n) is 5.81. The Morgan fingerprint density at radius 3 is 2.20 bits per heavy atom. The fourth-order valence-electron chi connectivity index (χ4n) is 4.24. The fourth-order valence-corrected chi connectivity index (χ4v) is 5.94. The van der Waals surface area contributed by atoms with Crippen molar-refractivity contribution >= 4 is 15.7 Å². The number of piperidine rings is 1. The van der Waals surface area contributed by atoms with Crippen LogP contribution < -0.4 is 9.04 Å². The molecule has 1 heterocycles. The number of sulfonamides is 1. The van der Waals surface area contributed by atoms with Gasteiger partial charge in [0, 0.05) is 31.7 Å². The third-order valence-corrected chi connectivity index (χ3v) is 7.71. The van der Waals surface area contributed by atoms with Gasteiger partial charge in [-0.15, -0.1) is 13.2 Å². The molecule has 35 heavy (non-hydrogen) atoms. The number of hydrogen-bond donors (Lipinski definition) is 0. The highest BCUT2D eigenvalue weighted by Gasteiger charge is 2.35. The van der Waals surface area contributed by atoms with Gasteiger partial charge < -0.3 is 4.74 Å². The summed E-state index contributed by atoms with van der Waals surface area (Å²) in [6.07, 6.45) is -3.97. The molecule has 0 unspecified atom stereocenters. The van der Waals surface area contributed by atoms with E-state index in [9.17, 15) is 26.0 Å². The van der Waals surface area contributed by atoms with Gasteiger partial charge in [-0.1, -0.05) is 36.4 Å². The zero-order chi connectivity index (χ0) is 25.1. The quantitative estimate of drug-likeness (QED) is 0.391. The van der Waals surface area contributed by atoms with Crippen molar-refractivity contribution in [3.8, 4) is 5.75 Å². The highest BCUT2D eigenvalue weighted by atomic mass is 32.2. The number of halogens is 4. The Morgan fingerprint density at radius 1 is 0.914 bits per heavy atom. The molecule has 0 aliphatic carbocycles. The van der Waals surface area contributed by atoms with Crippen LogP contribution in [0.1, 0.15) is 18.4 Å². The lowest BCUT2D eigenvalue weighted by Crippen LogP contribution is -2.47. The zero-order valence-electron chi connectivity index (χ0n) is 18.7. The van der Waals surface area contributed by atoms with Crippen LogP contribution in [-0.4, -0.2) is 38.8 Å². The monoisotopic (exact) mass is 508 g/mol. The maximum atomic E-state index is 13.6. The standard InChI is InChI=1S/C25H24F4N2O3S/c26-20-9-11-24(12-10-20)35(32,33)31(22-7-4-8-23(17-22)34-25(27,28)29)21-13-15-30(16-14-21)18-19-5-2-1-3-6-19/h1-12,17,21H,13-16,18H2. The number of hydrogen-bond acceptors (Lipinski definition) is 4. The minimum Gasteiger partial charge on any atom is -0.406 e. The van der Waals surface area contributed by atoms with Crippen LogP contribution in [0.5, 0.6) is 5.75 Å². The van der Waals surface area contributed by atoms with Crippen LogP contribution in [0.25, 0.3) is 0 Å². The van der Waals surface area contributed by atoms with E-state index >= 15 is 0 Å². The first kappa shape index (κ1) is 25.0. The number of likely N-dealkylation sites (tertiary alicyclic amines) is 1. The summed E-state index contributed by atoms with van der Waals surface area (Å²) in [6, 6.07) is 18.7. The van der Waals surface area contributed by atoms with Gasteiger partial charge in [0.05, 0.1) is 10.6 Å². The van der Waals surface area contributed by atoms with Crippen LogP contribution >= 0.6 is 0 Å². The van der Waals surface area contributed by atoms with Crippen molar-refractivity contribution in [3.63, 3.8) is 0 Å². The van der Waals surface area contributed by atoms with E-state index in [-0.39, 0.29) is 10.6 Å². The molecule has 10 heteroatoms. The Bertz CT molecular complexity index is 1230. The molecular formula is C25H24F4N2O3S. The second kappa shape index (κ2) is 10.2. The van der Waals surface area contributed by atoms with E-state index in [2.05, 4.69) is 9.64 Å². The molecule has 0 N–H and O–H groups in total. The maximum absolute atomic E-state index is 13.6. The van der Waals surface area contributed by atoms with Gasteiger partial charge in [-0.3, -0.25) is 9.21 Å². The van der Waals surface area contributed by atoms with Crippen LogP contribution in [0.2, 0.25) is 0 Å². The number of nitrogens with zero attached hydrogens (tertiary/aromatic N) is 2. The minimum absolute atomic E-state index is 0.0533. The van der Waals surface area contributed by atoms with Crippen molar-refractivity contribution in [3.05, 3.63) is 90.2 Å². The Labute approximate surface area is 201 Å². The lowest BCUT2D eigenvalue weighted by atomic mass is 10.0. The van der Waals surface area contributed by atoms with E-state index in [1.54, 1.807) is 0 Å². The molecular weight excluding hydrogens is 484 g/mol. The lowest BCUT2D eigenvalue weighted by Gasteiger charge is -2.39. The van der Waals surface area contributed by atoms with Crippen LogP contribution in [0.3, 0.4) is 0 Å². The highest BCUT2D eigenvalue weighted by Crippen LogP contribution is 2.34.